The second-order valence-electron chi connectivity index (χ2n) is 5.02. The average molecular weight is 334 g/mol. The number of carbonyl (C=O) groups is 1. The number of nitriles is 1. The van der Waals surface area contributed by atoms with Crippen molar-refractivity contribution in [3.63, 3.8) is 0 Å². The molecule has 5 nitrogen and oxygen atoms in total. The Bertz CT molecular complexity index is 866. The topological polar surface area (TPSA) is 77.8 Å². The van der Waals surface area contributed by atoms with Gasteiger partial charge in [-0.15, -0.1) is 11.3 Å². The molecule has 2 amide bonds. The maximum atomic E-state index is 11.9. The molecule has 0 saturated carbocycles. The third-order valence-electron chi connectivity index (χ3n) is 3.33. The van der Waals surface area contributed by atoms with Crippen molar-refractivity contribution < 1.29 is 4.79 Å². The van der Waals surface area contributed by atoms with Gasteiger partial charge in [-0.2, -0.15) is 5.26 Å². The first kappa shape index (κ1) is 15.7. The molecule has 6 heteroatoms. The van der Waals surface area contributed by atoms with E-state index in [2.05, 4.69) is 21.7 Å². The lowest BCUT2D eigenvalue weighted by atomic mass is 10.1. The zero-order valence-electron chi connectivity index (χ0n) is 12.7. The van der Waals surface area contributed by atoms with Crippen LogP contribution in [0, 0.1) is 11.3 Å². The van der Waals surface area contributed by atoms with Crippen LogP contribution in [0.5, 0.6) is 0 Å². The highest BCUT2D eigenvalue weighted by Crippen LogP contribution is 2.25. The van der Waals surface area contributed by atoms with Gasteiger partial charge in [0.2, 0.25) is 0 Å². The van der Waals surface area contributed by atoms with Gasteiger partial charge in [-0.3, -0.25) is 5.32 Å². The lowest BCUT2D eigenvalue weighted by molar-refractivity contribution is 0.251. The van der Waals surface area contributed by atoms with Gasteiger partial charge in [0, 0.05) is 17.5 Å². The van der Waals surface area contributed by atoms with Gasteiger partial charge in [-0.25, -0.2) is 9.78 Å². The molecule has 0 fully saturated rings. The molecule has 0 bridgehead atoms. The SMILES string of the molecule is N#Cc1ccc(-c2csc(NC(=O)NCc3ccccc3)n2)cc1. The Morgan fingerprint density at radius 1 is 1.12 bits per heavy atom. The second kappa shape index (κ2) is 7.40. The van der Waals surface area contributed by atoms with E-state index in [0.29, 0.717) is 17.2 Å². The molecule has 0 aliphatic carbocycles. The van der Waals surface area contributed by atoms with E-state index in [0.717, 1.165) is 16.8 Å². The number of carbonyl (C=O) groups excluding carboxylic acids is 1. The number of anilines is 1. The van der Waals surface area contributed by atoms with E-state index in [-0.39, 0.29) is 6.03 Å². The summed E-state index contributed by atoms with van der Waals surface area (Å²) in [4.78, 5) is 16.3. The number of thiazole rings is 1. The van der Waals surface area contributed by atoms with Gasteiger partial charge in [0.25, 0.3) is 0 Å². The minimum atomic E-state index is -0.292. The summed E-state index contributed by atoms with van der Waals surface area (Å²) in [5, 5.41) is 16.7. The van der Waals surface area contributed by atoms with Crippen LogP contribution in [-0.4, -0.2) is 11.0 Å². The Morgan fingerprint density at radius 2 is 1.88 bits per heavy atom. The van der Waals surface area contributed by atoms with Crippen molar-refractivity contribution in [2.45, 2.75) is 6.54 Å². The first-order chi connectivity index (χ1) is 11.7. The van der Waals surface area contributed by atoms with Crippen molar-refractivity contribution in [3.05, 3.63) is 71.1 Å². The van der Waals surface area contributed by atoms with Crippen LogP contribution in [0.1, 0.15) is 11.1 Å². The quantitative estimate of drug-likeness (QED) is 0.757. The Morgan fingerprint density at radius 3 is 2.58 bits per heavy atom. The van der Waals surface area contributed by atoms with E-state index < -0.39 is 0 Å². The maximum Gasteiger partial charge on any atom is 0.321 e. The number of amides is 2. The molecule has 0 atom stereocenters. The van der Waals surface area contributed by atoms with Gasteiger partial charge in [-0.05, 0) is 17.7 Å². The van der Waals surface area contributed by atoms with Crippen molar-refractivity contribution in [1.29, 1.82) is 5.26 Å². The standard InChI is InChI=1S/C18H14N4OS/c19-10-13-6-8-15(9-7-13)16-12-24-18(21-16)22-17(23)20-11-14-4-2-1-3-5-14/h1-9,12H,11H2,(H2,20,21,22,23). The smallest absolute Gasteiger partial charge is 0.321 e. The zero-order valence-corrected chi connectivity index (χ0v) is 13.5. The van der Waals surface area contributed by atoms with Gasteiger partial charge in [-0.1, -0.05) is 42.5 Å². The Balaban J connectivity index is 1.59. The summed E-state index contributed by atoms with van der Waals surface area (Å²) in [5.41, 5.74) is 3.31. The Kier molecular flexibility index (Phi) is 4.84. The largest absolute Gasteiger partial charge is 0.334 e. The number of hydrogen-bond acceptors (Lipinski definition) is 4. The molecule has 1 heterocycles. The van der Waals surface area contributed by atoms with Crippen LogP contribution in [-0.2, 0) is 6.54 Å². The van der Waals surface area contributed by atoms with Crippen LogP contribution in [0.4, 0.5) is 9.93 Å². The highest BCUT2D eigenvalue weighted by molar-refractivity contribution is 7.14. The molecule has 24 heavy (non-hydrogen) atoms. The predicted molar refractivity (Wildman–Crippen MR) is 94.6 cm³/mol. The highest BCUT2D eigenvalue weighted by atomic mass is 32.1. The molecule has 0 saturated heterocycles. The molecule has 2 N–H and O–H groups in total. The van der Waals surface area contributed by atoms with E-state index >= 15 is 0 Å². The third kappa shape index (κ3) is 3.97. The van der Waals surface area contributed by atoms with Crippen molar-refractivity contribution in [2.24, 2.45) is 0 Å². The van der Waals surface area contributed by atoms with Gasteiger partial charge in [0.05, 0.1) is 17.3 Å². The van der Waals surface area contributed by atoms with Gasteiger partial charge >= 0.3 is 6.03 Å². The van der Waals surface area contributed by atoms with Crippen LogP contribution < -0.4 is 10.6 Å². The first-order valence-electron chi connectivity index (χ1n) is 7.29. The van der Waals surface area contributed by atoms with Crippen molar-refractivity contribution in [1.82, 2.24) is 10.3 Å². The molecule has 2 aromatic carbocycles. The monoisotopic (exact) mass is 334 g/mol. The minimum absolute atomic E-state index is 0.292. The van der Waals surface area contributed by atoms with E-state index in [1.165, 1.54) is 11.3 Å². The number of aromatic nitrogens is 1. The average Bonchev–Trinajstić information content (AvgIpc) is 3.09. The molecule has 118 valence electrons. The number of nitrogens with one attached hydrogen (secondary N) is 2. The summed E-state index contributed by atoms with van der Waals surface area (Å²) in [6.45, 7) is 0.459. The zero-order chi connectivity index (χ0) is 16.8. The second-order valence-corrected chi connectivity index (χ2v) is 5.88. The van der Waals surface area contributed by atoms with Crippen LogP contribution in [0.3, 0.4) is 0 Å². The number of rotatable bonds is 4. The summed E-state index contributed by atoms with van der Waals surface area (Å²) in [5.74, 6) is 0. The van der Waals surface area contributed by atoms with E-state index in [9.17, 15) is 4.79 Å². The molecule has 0 aliphatic rings. The van der Waals surface area contributed by atoms with E-state index in [4.69, 9.17) is 5.26 Å². The summed E-state index contributed by atoms with van der Waals surface area (Å²) < 4.78 is 0. The lowest BCUT2D eigenvalue weighted by Crippen LogP contribution is -2.28. The number of urea groups is 1. The molecule has 0 aliphatic heterocycles. The molecule has 1 aromatic heterocycles. The van der Waals surface area contributed by atoms with Crippen LogP contribution >= 0.6 is 11.3 Å². The van der Waals surface area contributed by atoms with Crippen molar-refractivity contribution in [3.8, 4) is 17.3 Å². The van der Waals surface area contributed by atoms with Crippen molar-refractivity contribution >= 4 is 22.5 Å². The number of nitrogens with zero attached hydrogens (tertiary/aromatic N) is 2. The summed E-state index contributed by atoms with van der Waals surface area (Å²) in [7, 11) is 0. The third-order valence-corrected chi connectivity index (χ3v) is 4.09. The minimum Gasteiger partial charge on any atom is -0.334 e. The van der Waals surface area contributed by atoms with Gasteiger partial charge in [0.1, 0.15) is 0 Å². The fraction of sp³-hybridized carbons (Fsp3) is 0.0556. The van der Waals surface area contributed by atoms with Gasteiger partial charge in [0.15, 0.2) is 5.13 Å². The molecule has 3 rings (SSSR count). The summed E-state index contributed by atoms with van der Waals surface area (Å²) >= 11 is 1.36. The molecule has 3 aromatic rings. The molecule has 0 unspecified atom stereocenters. The maximum absolute atomic E-state index is 11.9. The summed E-state index contributed by atoms with van der Waals surface area (Å²) in [6, 6.07) is 18.7. The number of hydrogen-bond donors (Lipinski definition) is 2. The fourth-order valence-electron chi connectivity index (χ4n) is 2.10. The number of benzene rings is 2. The highest BCUT2D eigenvalue weighted by Gasteiger charge is 2.08. The van der Waals surface area contributed by atoms with Crippen LogP contribution in [0.2, 0.25) is 0 Å². The van der Waals surface area contributed by atoms with E-state index in [1.54, 1.807) is 12.1 Å². The van der Waals surface area contributed by atoms with E-state index in [1.807, 2.05) is 47.8 Å². The van der Waals surface area contributed by atoms with Crippen molar-refractivity contribution in [2.75, 3.05) is 5.32 Å². The molecule has 0 radical (unpaired) electrons. The predicted octanol–water partition coefficient (Wildman–Crippen LogP) is 4.00. The van der Waals surface area contributed by atoms with Crippen LogP contribution in [0.15, 0.2) is 60.0 Å². The Labute approximate surface area is 143 Å². The molecular formula is C18H14N4OS. The molecular weight excluding hydrogens is 320 g/mol. The summed E-state index contributed by atoms with van der Waals surface area (Å²) in [6.07, 6.45) is 0. The first-order valence-corrected chi connectivity index (χ1v) is 8.17. The molecule has 0 spiro atoms. The normalized spacial score (nSPS) is 9.96. The van der Waals surface area contributed by atoms with Crippen LogP contribution in [0.25, 0.3) is 11.3 Å². The van der Waals surface area contributed by atoms with Gasteiger partial charge < -0.3 is 5.32 Å². The lowest BCUT2D eigenvalue weighted by Gasteiger charge is -2.05. The fourth-order valence-corrected chi connectivity index (χ4v) is 2.81. The Hall–Kier alpha value is -3.17.